The molecule has 0 spiro atoms. The number of hydrogen-bond acceptors (Lipinski definition) is 4. The van der Waals surface area contributed by atoms with Gasteiger partial charge in [0.05, 0.1) is 0 Å². The SMILES string of the molecule is CCNc1ncc2cc(-c3ccccc3C)cnc2n1. The lowest BCUT2D eigenvalue weighted by Gasteiger charge is -2.07. The van der Waals surface area contributed by atoms with Crippen LogP contribution in [0.2, 0.25) is 0 Å². The highest BCUT2D eigenvalue weighted by molar-refractivity contribution is 5.81. The highest BCUT2D eigenvalue weighted by atomic mass is 15.1. The van der Waals surface area contributed by atoms with Gasteiger partial charge < -0.3 is 5.32 Å². The van der Waals surface area contributed by atoms with E-state index >= 15 is 0 Å². The van der Waals surface area contributed by atoms with E-state index in [-0.39, 0.29) is 0 Å². The first-order chi connectivity index (χ1) is 9.78. The van der Waals surface area contributed by atoms with Crippen molar-refractivity contribution in [2.24, 2.45) is 0 Å². The van der Waals surface area contributed by atoms with Gasteiger partial charge in [0.15, 0.2) is 5.65 Å². The van der Waals surface area contributed by atoms with Gasteiger partial charge in [0, 0.05) is 29.9 Å². The van der Waals surface area contributed by atoms with Crippen molar-refractivity contribution in [3.8, 4) is 11.1 Å². The molecule has 0 saturated heterocycles. The fraction of sp³-hybridized carbons (Fsp3) is 0.188. The molecule has 0 aliphatic carbocycles. The average Bonchev–Trinajstić information content (AvgIpc) is 2.48. The molecule has 0 bridgehead atoms. The van der Waals surface area contributed by atoms with Crippen LogP contribution in [0.3, 0.4) is 0 Å². The molecule has 0 aliphatic heterocycles. The Morgan fingerprint density at radius 3 is 2.75 bits per heavy atom. The first kappa shape index (κ1) is 12.5. The number of pyridine rings is 1. The fourth-order valence-electron chi connectivity index (χ4n) is 2.21. The van der Waals surface area contributed by atoms with Crippen LogP contribution < -0.4 is 5.32 Å². The molecule has 2 aromatic heterocycles. The van der Waals surface area contributed by atoms with E-state index < -0.39 is 0 Å². The molecule has 0 fully saturated rings. The third kappa shape index (κ3) is 2.32. The van der Waals surface area contributed by atoms with Gasteiger partial charge in [0.1, 0.15) is 0 Å². The van der Waals surface area contributed by atoms with E-state index in [1.165, 1.54) is 11.1 Å². The molecule has 3 aromatic rings. The third-order valence-electron chi connectivity index (χ3n) is 3.22. The van der Waals surface area contributed by atoms with Crippen molar-refractivity contribution in [1.82, 2.24) is 15.0 Å². The average molecular weight is 264 g/mol. The zero-order chi connectivity index (χ0) is 13.9. The van der Waals surface area contributed by atoms with Gasteiger partial charge in [-0.1, -0.05) is 24.3 Å². The molecule has 1 aromatic carbocycles. The topological polar surface area (TPSA) is 50.7 Å². The molecule has 0 aliphatic rings. The zero-order valence-electron chi connectivity index (χ0n) is 11.6. The molecule has 0 amide bonds. The summed E-state index contributed by atoms with van der Waals surface area (Å²) in [4.78, 5) is 13.1. The lowest BCUT2D eigenvalue weighted by Crippen LogP contribution is -2.02. The van der Waals surface area contributed by atoms with Gasteiger partial charge in [-0.2, -0.15) is 4.98 Å². The highest BCUT2D eigenvalue weighted by Crippen LogP contribution is 2.24. The summed E-state index contributed by atoms with van der Waals surface area (Å²) in [6.45, 7) is 4.92. The highest BCUT2D eigenvalue weighted by Gasteiger charge is 2.05. The van der Waals surface area contributed by atoms with E-state index in [0.29, 0.717) is 11.6 Å². The van der Waals surface area contributed by atoms with Crippen LogP contribution in [0.15, 0.2) is 42.7 Å². The molecule has 0 radical (unpaired) electrons. The first-order valence-electron chi connectivity index (χ1n) is 6.70. The van der Waals surface area contributed by atoms with Crippen LogP contribution in [0.5, 0.6) is 0 Å². The van der Waals surface area contributed by atoms with Gasteiger partial charge in [-0.25, -0.2) is 9.97 Å². The molecule has 0 saturated carbocycles. The molecule has 4 heteroatoms. The number of fused-ring (bicyclic) bond motifs is 1. The summed E-state index contributed by atoms with van der Waals surface area (Å²) in [5, 5.41) is 4.04. The summed E-state index contributed by atoms with van der Waals surface area (Å²) in [6.07, 6.45) is 3.68. The van der Waals surface area contributed by atoms with Crippen molar-refractivity contribution in [2.45, 2.75) is 13.8 Å². The van der Waals surface area contributed by atoms with Gasteiger partial charge >= 0.3 is 0 Å². The fourth-order valence-corrected chi connectivity index (χ4v) is 2.21. The Bertz CT molecular complexity index is 752. The molecule has 4 nitrogen and oxygen atoms in total. The summed E-state index contributed by atoms with van der Waals surface area (Å²) in [7, 11) is 0. The Labute approximate surface area is 117 Å². The second-order valence-corrected chi connectivity index (χ2v) is 4.68. The molecular formula is C16H16N4. The van der Waals surface area contributed by atoms with Crippen LogP contribution in [-0.4, -0.2) is 21.5 Å². The summed E-state index contributed by atoms with van der Waals surface area (Å²) in [5.74, 6) is 0.621. The largest absolute Gasteiger partial charge is 0.354 e. The molecule has 20 heavy (non-hydrogen) atoms. The predicted octanol–water partition coefficient (Wildman–Crippen LogP) is 3.43. The van der Waals surface area contributed by atoms with Crippen molar-refractivity contribution in [3.05, 3.63) is 48.3 Å². The Balaban J connectivity index is 2.08. The monoisotopic (exact) mass is 264 g/mol. The van der Waals surface area contributed by atoms with E-state index in [4.69, 9.17) is 0 Å². The summed E-state index contributed by atoms with van der Waals surface area (Å²) in [6, 6.07) is 10.4. The van der Waals surface area contributed by atoms with E-state index in [0.717, 1.165) is 17.5 Å². The molecule has 1 N–H and O–H groups in total. The number of hydrogen-bond donors (Lipinski definition) is 1. The maximum absolute atomic E-state index is 4.45. The van der Waals surface area contributed by atoms with Crippen molar-refractivity contribution in [3.63, 3.8) is 0 Å². The van der Waals surface area contributed by atoms with Gasteiger partial charge in [-0.05, 0) is 31.0 Å². The van der Waals surface area contributed by atoms with Crippen molar-refractivity contribution < 1.29 is 0 Å². The minimum atomic E-state index is 0.621. The molecule has 2 heterocycles. The van der Waals surface area contributed by atoms with Gasteiger partial charge in [0.25, 0.3) is 0 Å². The van der Waals surface area contributed by atoms with Gasteiger partial charge in [-0.3, -0.25) is 0 Å². The molecular weight excluding hydrogens is 248 g/mol. The van der Waals surface area contributed by atoms with Crippen molar-refractivity contribution in [2.75, 3.05) is 11.9 Å². The molecule has 0 atom stereocenters. The quantitative estimate of drug-likeness (QED) is 0.787. The number of nitrogens with zero attached hydrogens (tertiary/aromatic N) is 3. The second-order valence-electron chi connectivity index (χ2n) is 4.68. The van der Waals surface area contributed by atoms with Gasteiger partial charge in [0.2, 0.25) is 5.95 Å². The molecule has 0 unspecified atom stereocenters. The number of aryl methyl sites for hydroxylation is 1. The summed E-state index contributed by atoms with van der Waals surface area (Å²) < 4.78 is 0. The second kappa shape index (κ2) is 5.25. The number of rotatable bonds is 3. The summed E-state index contributed by atoms with van der Waals surface area (Å²) in [5.41, 5.74) is 4.24. The van der Waals surface area contributed by atoms with Crippen LogP contribution in [-0.2, 0) is 0 Å². The maximum atomic E-state index is 4.45. The molecule has 3 rings (SSSR count). The standard InChI is InChI=1S/C16H16N4/c1-3-17-16-19-10-13-8-12(9-18-15(13)20-16)14-7-5-4-6-11(14)2/h4-10H,3H2,1-2H3,(H,17,18,19,20). The summed E-state index contributed by atoms with van der Waals surface area (Å²) >= 11 is 0. The Morgan fingerprint density at radius 2 is 1.95 bits per heavy atom. The Morgan fingerprint density at radius 1 is 1.10 bits per heavy atom. The minimum Gasteiger partial charge on any atom is -0.354 e. The smallest absolute Gasteiger partial charge is 0.224 e. The predicted molar refractivity (Wildman–Crippen MR) is 81.7 cm³/mol. The third-order valence-corrected chi connectivity index (χ3v) is 3.22. The van der Waals surface area contributed by atoms with Crippen LogP contribution >= 0.6 is 0 Å². The number of aromatic nitrogens is 3. The van der Waals surface area contributed by atoms with Crippen molar-refractivity contribution >= 4 is 17.0 Å². The van der Waals surface area contributed by atoms with E-state index in [9.17, 15) is 0 Å². The zero-order valence-corrected chi connectivity index (χ0v) is 11.6. The van der Waals surface area contributed by atoms with Crippen molar-refractivity contribution in [1.29, 1.82) is 0 Å². The normalized spacial score (nSPS) is 10.7. The van der Waals surface area contributed by atoms with E-state index in [1.807, 2.05) is 31.5 Å². The number of benzene rings is 1. The maximum Gasteiger partial charge on any atom is 0.224 e. The van der Waals surface area contributed by atoms with Gasteiger partial charge in [-0.15, -0.1) is 0 Å². The van der Waals surface area contributed by atoms with Crippen LogP contribution in [0.25, 0.3) is 22.2 Å². The minimum absolute atomic E-state index is 0.621. The first-order valence-corrected chi connectivity index (χ1v) is 6.70. The van der Waals surface area contributed by atoms with Crippen LogP contribution in [0, 0.1) is 6.92 Å². The number of nitrogens with one attached hydrogen (secondary N) is 1. The van der Waals surface area contributed by atoms with E-state index in [2.05, 4.69) is 45.4 Å². The molecule has 100 valence electrons. The van der Waals surface area contributed by atoms with Crippen LogP contribution in [0.1, 0.15) is 12.5 Å². The Hall–Kier alpha value is -2.49. The van der Waals surface area contributed by atoms with E-state index in [1.54, 1.807) is 0 Å². The van der Waals surface area contributed by atoms with Crippen LogP contribution in [0.4, 0.5) is 5.95 Å². The number of anilines is 1. The Kier molecular flexibility index (Phi) is 3.29. The lowest BCUT2D eigenvalue weighted by atomic mass is 10.0. The lowest BCUT2D eigenvalue weighted by molar-refractivity contribution is 1.10.